The maximum absolute atomic E-state index is 11.6. The molecule has 2 rings (SSSR count). The van der Waals surface area contributed by atoms with E-state index < -0.39 is 20.3 Å². The molecule has 7 nitrogen and oxygen atoms in total. The zero-order valence-electron chi connectivity index (χ0n) is 11.1. The monoisotopic (exact) mass is 308 g/mol. The van der Waals surface area contributed by atoms with Crippen LogP contribution < -0.4 is 5.06 Å². The highest BCUT2D eigenvalue weighted by Crippen LogP contribution is 2.20. The van der Waals surface area contributed by atoms with Crippen LogP contribution in [0.15, 0.2) is 42.1 Å². The fourth-order valence-electron chi connectivity index (χ4n) is 2.14. The number of rotatable bonds is 3. The fraction of sp³-hybridized carbons (Fsp3) is 0.154. The Morgan fingerprint density at radius 2 is 2.05 bits per heavy atom. The highest BCUT2D eigenvalue weighted by molar-refractivity contribution is 7.72. The highest BCUT2D eigenvalue weighted by atomic mass is 32.2. The molecule has 1 N–H and O–H groups in total. The Morgan fingerprint density at radius 1 is 1.33 bits per heavy atom. The van der Waals surface area contributed by atoms with Gasteiger partial charge in [0.05, 0.1) is 4.92 Å². The average Bonchev–Trinajstić information content (AvgIpc) is 2.37. The molecule has 0 saturated heterocycles. The Balaban J connectivity index is 2.36. The van der Waals surface area contributed by atoms with Gasteiger partial charge in [-0.2, -0.15) is 8.42 Å². The van der Waals surface area contributed by atoms with Crippen LogP contribution in [0.1, 0.15) is 11.1 Å². The van der Waals surface area contributed by atoms with E-state index in [4.69, 9.17) is 0 Å². The standard InChI is InChI=1S/C13H12N2O5S/c1-9-7-10(4-5-12(9)15(17)18)8-11-3-2-6-14(16)13(11)21(19)20/h2-7,14H,8H2,1H3. The van der Waals surface area contributed by atoms with Crippen molar-refractivity contribution in [3.8, 4) is 0 Å². The summed E-state index contributed by atoms with van der Waals surface area (Å²) in [5.41, 5.74) is 1.57. The van der Waals surface area contributed by atoms with E-state index in [0.717, 1.165) is 0 Å². The SMILES string of the molecule is Cc1cc(CC2=CC=C[NH+]([O-])C2=S(=O)=O)ccc1[N+](=O)[O-]. The van der Waals surface area contributed by atoms with Crippen molar-refractivity contribution < 1.29 is 18.4 Å². The van der Waals surface area contributed by atoms with Crippen molar-refractivity contribution in [3.63, 3.8) is 0 Å². The molecule has 0 amide bonds. The van der Waals surface area contributed by atoms with Crippen LogP contribution >= 0.6 is 0 Å². The van der Waals surface area contributed by atoms with E-state index in [0.29, 0.717) is 16.7 Å². The summed E-state index contributed by atoms with van der Waals surface area (Å²) in [6.45, 7) is 1.61. The zero-order chi connectivity index (χ0) is 15.6. The average molecular weight is 308 g/mol. The van der Waals surface area contributed by atoms with Crippen molar-refractivity contribution in [2.45, 2.75) is 13.3 Å². The number of hydrogen-bond acceptors (Lipinski definition) is 5. The lowest BCUT2D eigenvalue weighted by Gasteiger charge is -2.21. The molecule has 0 aliphatic carbocycles. The normalized spacial score (nSPS) is 17.5. The van der Waals surface area contributed by atoms with E-state index in [9.17, 15) is 23.7 Å². The second kappa shape index (κ2) is 6.00. The van der Waals surface area contributed by atoms with Crippen LogP contribution in [-0.4, -0.2) is 18.3 Å². The van der Waals surface area contributed by atoms with Crippen LogP contribution in [0.2, 0.25) is 0 Å². The summed E-state index contributed by atoms with van der Waals surface area (Å²) in [6.07, 6.45) is 4.46. The maximum Gasteiger partial charge on any atom is 0.277 e. The van der Waals surface area contributed by atoms with Gasteiger partial charge in [0.1, 0.15) is 6.20 Å². The first kappa shape index (κ1) is 15.1. The van der Waals surface area contributed by atoms with Crippen molar-refractivity contribution in [1.29, 1.82) is 0 Å². The minimum absolute atomic E-state index is 0.00366. The van der Waals surface area contributed by atoms with E-state index in [1.54, 1.807) is 25.1 Å². The van der Waals surface area contributed by atoms with Crippen molar-refractivity contribution in [1.82, 2.24) is 0 Å². The van der Waals surface area contributed by atoms with Crippen LogP contribution in [-0.2, 0) is 16.7 Å². The van der Waals surface area contributed by atoms with Gasteiger partial charge in [0.2, 0.25) is 0 Å². The minimum Gasteiger partial charge on any atom is -0.623 e. The van der Waals surface area contributed by atoms with E-state index in [2.05, 4.69) is 0 Å². The van der Waals surface area contributed by atoms with Crippen LogP contribution in [0.4, 0.5) is 5.69 Å². The second-order valence-corrected chi connectivity index (χ2v) is 5.41. The van der Waals surface area contributed by atoms with Gasteiger partial charge in [-0.05, 0) is 30.7 Å². The van der Waals surface area contributed by atoms with Gasteiger partial charge < -0.3 is 10.3 Å². The molecule has 1 aromatic rings. The Labute approximate surface area is 122 Å². The molecule has 1 unspecified atom stereocenters. The van der Waals surface area contributed by atoms with Gasteiger partial charge in [0, 0.05) is 23.6 Å². The number of quaternary nitrogens is 1. The van der Waals surface area contributed by atoms with E-state index in [1.807, 2.05) is 0 Å². The summed E-state index contributed by atoms with van der Waals surface area (Å²) in [7, 11) is -2.61. The molecule has 1 heterocycles. The number of aryl methyl sites for hydroxylation is 1. The molecule has 0 bridgehead atoms. The largest absolute Gasteiger partial charge is 0.623 e. The number of benzene rings is 1. The number of hydrogen-bond donors (Lipinski definition) is 1. The Morgan fingerprint density at radius 3 is 2.62 bits per heavy atom. The first-order valence-electron chi connectivity index (χ1n) is 6.02. The number of nitro groups is 1. The third-order valence-corrected chi connectivity index (χ3v) is 3.88. The van der Waals surface area contributed by atoms with Crippen molar-refractivity contribution >= 4 is 21.0 Å². The van der Waals surface area contributed by atoms with Crippen LogP contribution in [0.5, 0.6) is 0 Å². The summed E-state index contributed by atoms with van der Waals surface area (Å²) in [6, 6.07) is 4.55. The Bertz CT molecular complexity index is 785. The zero-order valence-corrected chi connectivity index (χ0v) is 11.9. The quantitative estimate of drug-likeness (QED) is 0.374. The molecule has 21 heavy (non-hydrogen) atoms. The maximum atomic E-state index is 11.6. The van der Waals surface area contributed by atoms with Gasteiger partial charge in [-0.15, -0.1) is 0 Å². The number of nitrogens with one attached hydrogen (secondary N) is 1. The molecule has 8 heteroatoms. The molecule has 0 fully saturated rings. The number of allylic oxidation sites excluding steroid dienone is 2. The van der Waals surface area contributed by atoms with Crippen molar-refractivity contribution in [2.75, 3.05) is 0 Å². The predicted molar refractivity (Wildman–Crippen MR) is 77.0 cm³/mol. The number of nitro benzene ring substituents is 1. The lowest BCUT2D eigenvalue weighted by atomic mass is 10.0. The van der Waals surface area contributed by atoms with Gasteiger partial charge in [0.25, 0.3) is 21.0 Å². The van der Waals surface area contributed by atoms with E-state index in [1.165, 1.54) is 18.3 Å². The van der Waals surface area contributed by atoms with Crippen molar-refractivity contribution in [2.24, 2.45) is 0 Å². The van der Waals surface area contributed by atoms with E-state index >= 15 is 0 Å². The molecule has 0 radical (unpaired) electrons. The van der Waals surface area contributed by atoms with Gasteiger partial charge in [-0.25, -0.2) is 0 Å². The summed E-state index contributed by atoms with van der Waals surface area (Å²) in [5, 5.41) is 21.8. The molecule has 1 aliphatic rings. The molecule has 1 aromatic carbocycles. The molecular formula is C13H12N2O5S. The predicted octanol–water partition coefficient (Wildman–Crippen LogP) is 0.291. The summed E-state index contributed by atoms with van der Waals surface area (Å²) >= 11 is 0. The Kier molecular flexibility index (Phi) is 4.32. The minimum atomic E-state index is -2.61. The first-order valence-corrected chi connectivity index (χ1v) is 7.09. The second-order valence-electron chi connectivity index (χ2n) is 4.53. The van der Waals surface area contributed by atoms with Crippen LogP contribution in [0.25, 0.3) is 0 Å². The van der Waals surface area contributed by atoms with Gasteiger partial charge >= 0.3 is 0 Å². The number of nitrogens with zero attached hydrogens (tertiary/aromatic N) is 1. The van der Waals surface area contributed by atoms with Crippen LogP contribution in [0.3, 0.4) is 0 Å². The van der Waals surface area contributed by atoms with E-state index in [-0.39, 0.29) is 17.1 Å². The molecule has 0 aromatic heterocycles. The molecule has 0 spiro atoms. The first-order chi connectivity index (χ1) is 9.90. The molecule has 1 aliphatic heterocycles. The molecule has 1 atom stereocenters. The smallest absolute Gasteiger partial charge is 0.277 e. The summed E-state index contributed by atoms with van der Waals surface area (Å²) in [4.78, 5) is 10.0. The summed E-state index contributed by atoms with van der Waals surface area (Å²) in [5.74, 6) is 0. The molecule has 0 saturated carbocycles. The van der Waals surface area contributed by atoms with Gasteiger partial charge in [-0.3, -0.25) is 10.1 Å². The third-order valence-electron chi connectivity index (χ3n) is 3.08. The van der Waals surface area contributed by atoms with Crippen molar-refractivity contribution in [3.05, 3.63) is 68.6 Å². The van der Waals surface area contributed by atoms with Gasteiger partial charge in [-0.1, -0.05) is 6.07 Å². The molecular weight excluding hydrogens is 296 g/mol. The lowest BCUT2D eigenvalue weighted by molar-refractivity contribution is -0.680. The van der Waals surface area contributed by atoms with Gasteiger partial charge in [0.15, 0.2) is 0 Å². The highest BCUT2D eigenvalue weighted by Gasteiger charge is 2.20. The third kappa shape index (κ3) is 3.24. The van der Waals surface area contributed by atoms with Crippen LogP contribution in [0, 0.1) is 22.2 Å². The lowest BCUT2D eigenvalue weighted by Crippen LogP contribution is -3.06. The Hall–Kier alpha value is -2.29. The summed E-state index contributed by atoms with van der Waals surface area (Å²) < 4.78 is 22.3. The molecule has 110 valence electrons. The number of hydroxylamine groups is 2. The topological polar surface area (TPSA) is 105 Å². The fourth-order valence-corrected chi connectivity index (χ4v) is 2.73.